The van der Waals surface area contributed by atoms with Gasteiger partial charge in [-0.15, -0.1) is 0 Å². The molecule has 3 aromatic carbocycles. The molecule has 8 nitrogen and oxygen atoms in total. The lowest BCUT2D eigenvalue weighted by molar-refractivity contribution is 0.102. The summed E-state index contributed by atoms with van der Waals surface area (Å²) in [4.78, 5) is 31.3. The van der Waals surface area contributed by atoms with Crippen LogP contribution < -0.4 is 9.80 Å². The molecule has 1 saturated carbocycles. The smallest absolute Gasteiger partial charge is 0.193 e. The quantitative estimate of drug-likeness (QED) is 0.219. The van der Waals surface area contributed by atoms with Gasteiger partial charge >= 0.3 is 0 Å². The number of benzene rings is 3. The summed E-state index contributed by atoms with van der Waals surface area (Å²) >= 11 is 0. The van der Waals surface area contributed by atoms with Crippen molar-refractivity contribution in [3.8, 4) is 0 Å². The third-order valence-electron chi connectivity index (χ3n) is 8.49. The third-order valence-corrected chi connectivity index (χ3v) is 8.49. The van der Waals surface area contributed by atoms with E-state index in [4.69, 9.17) is 14.2 Å². The lowest BCUT2D eigenvalue weighted by Gasteiger charge is -2.24. The molecule has 4 fully saturated rings. The monoisotopic (exact) mass is 568 g/mol. The fourth-order valence-corrected chi connectivity index (χ4v) is 5.53. The molecule has 5 atom stereocenters. The molecule has 3 aromatic rings. The van der Waals surface area contributed by atoms with Gasteiger partial charge in [-0.2, -0.15) is 0 Å². The Balaban J connectivity index is 1.04. The number of carbonyl (C=O) groups is 2. The van der Waals surface area contributed by atoms with Crippen LogP contribution in [-0.2, 0) is 14.2 Å². The molecule has 0 spiro atoms. The van der Waals surface area contributed by atoms with Crippen LogP contribution in [0.3, 0.4) is 0 Å². The van der Waals surface area contributed by atoms with Crippen molar-refractivity contribution in [1.29, 1.82) is 0 Å². The first-order valence-corrected chi connectivity index (χ1v) is 14.9. The number of anilines is 2. The van der Waals surface area contributed by atoms with Crippen LogP contribution >= 0.6 is 0 Å². The van der Waals surface area contributed by atoms with Gasteiger partial charge in [0.2, 0.25) is 0 Å². The predicted molar refractivity (Wildman–Crippen MR) is 159 cm³/mol. The van der Waals surface area contributed by atoms with Crippen molar-refractivity contribution in [3.05, 3.63) is 95.1 Å². The predicted octanol–water partition coefficient (Wildman–Crippen LogP) is 3.73. The first-order valence-electron chi connectivity index (χ1n) is 14.9. The number of nitrogens with zero attached hydrogens (tertiary/aromatic N) is 2. The Morgan fingerprint density at radius 1 is 0.667 bits per heavy atom. The molecule has 0 bridgehead atoms. The maximum Gasteiger partial charge on any atom is 0.193 e. The zero-order valence-electron chi connectivity index (χ0n) is 23.6. The lowest BCUT2D eigenvalue weighted by Crippen LogP contribution is -2.31. The highest BCUT2D eigenvalue weighted by Crippen LogP contribution is 2.34. The van der Waals surface area contributed by atoms with Crippen LogP contribution in [0.15, 0.2) is 72.8 Å². The van der Waals surface area contributed by atoms with Crippen molar-refractivity contribution < 1.29 is 28.9 Å². The van der Waals surface area contributed by atoms with Crippen LogP contribution in [0.4, 0.5) is 11.4 Å². The van der Waals surface area contributed by atoms with E-state index in [1.165, 1.54) is 0 Å². The van der Waals surface area contributed by atoms with E-state index in [-0.39, 0.29) is 36.0 Å². The molecular weight excluding hydrogens is 532 g/mol. The van der Waals surface area contributed by atoms with E-state index < -0.39 is 0 Å². The van der Waals surface area contributed by atoms with Crippen LogP contribution in [-0.4, -0.2) is 87.1 Å². The highest BCUT2D eigenvalue weighted by atomic mass is 16.6. The summed E-state index contributed by atoms with van der Waals surface area (Å²) in [5.41, 5.74) is 4.25. The van der Waals surface area contributed by atoms with Gasteiger partial charge in [0.15, 0.2) is 11.6 Å². The van der Waals surface area contributed by atoms with Crippen LogP contribution in [0.2, 0.25) is 0 Å². The molecule has 8 heteroatoms. The number of hydrogen-bond donors (Lipinski definition) is 1. The largest absolute Gasteiger partial charge is 0.393 e. The average molecular weight is 569 g/mol. The summed E-state index contributed by atoms with van der Waals surface area (Å²) in [7, 11) is 0. The molecule has 7 rings (SSSR count). The fraction of sp³-hybridized carbons (Fsp3) is 0.412. The van der Waals surface area contributed by atoms with Crippen molar-refractivity contribution in [2.75, 3.05) is 55.8 Å². The van der Waals surface area contributed by atoms with Crippen LogP contribution in [0.25, 0.3) is 0 Å². The zero-order valence-corrected chi connectivity index (χ0v) is 23.6. The molecule has 5 unspecified atom stereocenters. The van der Waals surface area contributed by atoms with Crippen LogP contribution in [0.5, 0.6) is 0 Å². The number of aliphatic hydroxyl groups excluding tert-OH is 1. The maximum atomic E-state index is 13.4. The molecule has 0 amide bonds. The molecule has 3 saturated heterocycles. The van der Waals surface area contributed by atoms with E-state index in [9.17, 15) is 14.7 Å². The molecule has 0 radical (unpaired) electrons. The third kappa shape index (κ3) is 6.73. The van der Waals surface area contributed by atoms with Gasteiger partial charge in [0, 0.05) is 59.8 Å². The Hall–Kier alpha value is -3.56. The average Bonchev–Trinajstić information content (AvgIpc) is 3.82. The fourth-order valence-electron chi connectivity index (χ4n) is 5.53. The minimum absolute atomic E-state index is 0.0816. The van der Waals surface area contributed by atoms with Gasteiger partial charge in [0.1, 0.15) is 0 Å². The van der Waals surface area contributed by atoms with Crippen LogP contribution in [0, 0.1) is 5.92 Å². The SMILES string of the molecule is O=C(c1ccc(C(=O)c2cccc(N(CC3CO3)CC3CO3)c2)cc1)c1cccc(N(CCC2CC2O)CC2CO2)c1. The zero-order chi connectivity index (χ0) is 28.6. The molecule has 1 aliphatic carbocycles. The number of ketones is 2. The lowest BCUT2D eigenvalue weighted by atomic mass is 9.98. The maximum absolute atomic E-state index is 13.4. The van der Waals surface area contributed by atoms with Gasteiger partial charge in [-0.05, 0) is 43.0 Å². The highest BCUT2D eigenvalue weighted by molar-refractivity contribution is 6.12. The summed E-state index contributed by atoms with van der Waals surface area (Å²) in [5, 5.41) is 9.74. The number of ether oxygens (including phenoxy) is 3. The Morgan fingerprint density at radius 3 is 1.52 bits per heavy atom. The summed E-state index contributed by atoms with van der Waals surface area (Å²) in [6, 6.07) is 22.3. The molecule has 4 aliphatic rings. The first kappa shape index (κ1) is 27.3. The van der Waals surface area contributed by atoms with Crippen LogP contribution in [0.1, 0.15) is 44.7 Å². The second-order valence-corrected chi connectivity index (χ2v) is 11.9. The summed E-state index contributed by atoms with van der Waals surface area (Å²) in [6.45, 7) is 5.47. The van der Waals surface area contributed by atoms with Crippen molar-refractivity contribution in [2.45, 2.75) is 37.3 Å². The number of rotatable bonds is 15. The number of carbonyl (C=O) groups excluding carboxylic acids is 2. The summed E-state index contributed by atoms with van der Waals surface area (Å²) in [5.74, 6) is 0.204. The van der Waals surface area contributed by atoms with E-state index >= 15 is 0 Å². The molecule has 0 aromatic heterocycles. The summed E-state index contributed by atoms with van der Waals surface area (Å²) < 4.78 is 16.3. The van der Waals surface area contributed by atoms with E-state index in [2.05, 4.69) is 9.80 Å². The van der Waals surface area contributed by atoms with Gasteiger partial charge in [-0.1, -0.05) is 48.5 Å². The Morgan fingerprint density at radius 2 is 1.10 bits per heavy atom. The van der Waals surface area contributed by atoms with Gasteiger partial charge in [0.05, 0.1) is 44.2 Å². The second kappa shape index (κ2) is 11.6. The standard InChI is InChI=1S/C34H36N2O6/c37-32-15-24(32)11-12-35(16-29-19-40-29)27-5-1-3-25(13-27)33(38)22-7-9-23(10-8-22)34(39)26-4-2-6-28(14-26)36(17-30-20-41-30)18-31-21-42-31/h1-10,13-14,24,29-32,37H,11-12,15-21H2. The molecule has 3 heterocycles. The van der Waals surface area contributed by atoms with E-state index in [0.717, 1.165) is 70.2 Å². The van der Waals surface area contributed by atoms with E-state index in [1.807, 2.05) is 48.5 Å². The number of hydrogen-bond acceptors (Lipinski definition) is 8. The molecule has 218 valence electrons. The molecule has 1 N–H and O–H groups in total. The molecular formula is C34H36N2O6. The highest BCUT2D eigenvalue weighted by Gasteiger charge is 2.36. The number of aliphatic hydroxyl groups is 1. The van der Waals surface area contributed by atoms with Gasteiger partial charge in [-0.3, -0.25) is 9.59 Å². The first-order chi connectivity index (χ1) is 20.5. The Kier molecular flexibility index (Phi) is 7.54. The molecule has 3 aliphatic heterocycles. The molecule has 42 heavy (non-hydrogen) atoms. The van der Waals surface area contributed by atoms with Crippen molar-refractivity contribution in [1.82, 2.24) is 0 Å². The van der Waals surface area contributed by atoms with Crippen molar-refractivity contribution >= 4 is 22.9 Å². The Bertz CT molecular complexity index is 1430. The second-order valence-electron chi connectivity index (χ2n) is 11.9. The van der Waals surface area contributed by atoms with Gasteiger partial charge < -0.3 is 29.1 Å². The minimum atomic E-state index is -0.171. The normalized spacial score (nSPS) is 25.0. The Labute approximate surface area is 245 Å². The van der Waals surface area contributed by atoms with Crippen molar-refractivity contribution in [2.24, 2.45) is 5.92 Å². The van der Waals surface area contributed by atoms with Gasteiger partial charge in [0.25, 0.3) is 0 Å². The summed E-state index contributed by atoms with van der Waals surface area (Å²) in [6.07, 6.45) is 2.33. The van der Waals surface area contributed by atoms with E-state index in [1.54, 1.807) is 24.3 Å². The minimum Gasteiger partial charge on any atom is -0.393 e. The van der Waals surface area contributed by atoms with E-state index in [0.29, 0.717) is 28.2 Å². The van der Waals surface area contributed by atoms with Gasteiger partial charge in [-0.25, -0.2) is 0 Å². The number of epoxide rings is 3. The topological polar surface area (TPSA) is 98.4 Å². The van der Waals surface area contributed by atoms with Crippen molar-refractivity contribution in [3.63, 3.8) is 0 Å².